The number of hydrogen-bond donors (Lipinski definition) is 0. The first-order chi connectivity index (χ1) is 8.87. The van der Waals surface area contributed by atoms with Crippen molar-refractivity contribution in [2.24, 2.45) is 0 Å². The number of sulfone groups is 1. The van der Waals surface area contributed by atoms with E-state index in [0.717, 1.165) is 22.9 Å². The van der Waals surface area contributed by atoms with Gasteiger partial charge in [-0.05, 0) is 19.1 Å². The second-order valence-corrected chi connectivity index (χ2v) is 6.89. The van der Waals surface area contributed by atoms with Crippen molar-refractivity contribution < 1.29 is 13.2 Å². The molecule has 0 saturated carbocycles. The molecule has 0 bridgehead atoms. The number of para-hydroxylation sites is 1. The number of benzene rings is 1. The molecule has 0 atom stereocenters. The lowest BCUT2D eigenvalue weighted by atomic mass is 10.0. The average Bonchev–Trinajstić information content (AvgIpc) is 2.34. The number of carbonyl (C=O) groups is 1. The lowest BCUT2D eigenvalue weighted by molar-refractivity contribution is 0.0990. The third-order valence-corrected chi connectivity index (χ3v) is 3.79. The minimum atomic E-state index is -3.13. The minimum absolute atomic E-state index is 0.00623. The number of carbonyl (C=O) groups excluding carboxylic acids is 1. The summed E-state index contributed by atoms with van der Waals surface area (Å²) in [5.41, 5.74) is 2.05. The summed E-state index contributed by atoms with van der Waals surface area (Å²) in [6.45, 7) is 1.82. The summed E-state index contributed by atoms with van der Waals surface area (Å²) in [4.78, 5) is 16.5. The molecule has 0 amide bonds. The number of pyridine rings is 1. The molecule has 5 heteroatoms. The molecule has 0 aliphatic heterocycles. The van der Waals surface area contributed by atoms with Gasteiger partial charge in [-0.15, -0.1) is 0 Å². The van der Waals surface area contributed by atoms with E-state index in [9.17, 15) is 13.2 Å². The number of ketones is 1. The van der Waals surface area contributed by atoms with Crippen LogP contribution in [0.4, 0.5) is 0 Å². The van der Waals surface area contributed by atoms with Crippen molar-refractivity contribution in [2.45, 2.75) is 13.3 Å². The molecule has 0 unspecified atom stereocenters. The van der Waals surface area contributed by atoms with Crippen LogP contribution in [0.15, 0.2) is 30.3 Å². The number of fused-ring (bicyclic) bond motifs is 1. The van der Waals surface area contributed by atoms with Crippen molar-refractivity contribution >= 4 is 26.5 Å². The van der Waals surface area contributed by atoms with Gasteiger partial charge in [-0.3, -0.25) is 9.78 Å². The van der Waals surface area contributed by atoms with Crippen molar-refractivity contribution in [3.8, 4) is 0 Å². The maximum Gasteiger partial charge on any atom is 0.164 e. The number of nitrogens with zero attached hydrogens (tertiary/aromatic N) is 1. The van der Waals surface area contributed by atoms with Gasteiger partial charge in [-0.25, -0.2) is 8.42 Å². The second-order valence-electron chi connectivity index (χ2n) is 4.63. The van der Waals surface area contributed by atoms with Gasteiger partial charge in [-0.2, -0.15) is 0 Å². The van der Waals surface area contributed by atoms with Crippen molar-refractivity contribution in [2.75, 3.05) is 12.0 Å². The van der Waals surface area contributed by atoms with E-state index in [1.54, 1.807) is 6.07 Å². The van der Waals surface area contributed by atoms with Gasteiger partial charge in [0.1, 0.15) is 9.84 Å². The first-order valence-corrected chi connectivity index (χ1v) is 8.00. The van der Waals surface area contributed by atoms with Crippen LogP contribution in [0.25, 0.3) is 10.9 Å². The summed E-state index contributed by atoms with van der Waals surface area (Å²) in [7, 11) is -3.13. The van der Waals surface area contributed by atoms with Crippen LogP contribution in [0.1, 0.15) is 22.5 Å². The van der Waals surface area contributed by atoms with Gasteiger partial charge in [0.25, 0.3) is 0 Å². The lowest BCUT2D eigenvalue weighted by Gasteiger charge is -2.06. The highest BCUT2D eigenvalue weighted by Gasteiger charge is 2.14. The SMILES string of the molecule is Cc1cc(C(=O)CCS(C)(=O)=O)c2ccccc2n1. The molecule has 2 aromatic rings. The molecular weight excluding hydrogens is 262 g/mol. The van der Waals surface area contributed by atoms with Crippen LogP contribution in [0.2, 0.25) is 0 Å². The molecular formula is C14H15NO3S. The quantitative estimate of drug-likeness (QED) is 0.803. The predicted molar refractivity (Wildman–Crippen MR) is 75.1 cm³/mol. The summed E-state index contributed by atoms with van der Waals surface area (Å²) in [6, 6.07) is 9.09. The van der Waals surface area contributed by atoms with E-state index in [1.165, 1.54) is 0 Å². The van der Waals surface area contributed by atoms with Crippen LogP contribution < -0.4 is 0 Å². The largest absolute Gasteiger partial charge is 0.294 e. The van der Waals surface area contributed by atoms with Gasteiger partial charge in [-0.1, -0.05) is 18.2 Å². The minimum Gasteiger partial charge on any atom is -0.294 e. The zero-order chi connectivity index (χ0) is 14.0. The van der Waals surface area contributed by atoms with Gasteiger partial charge in [0.2, 0.25) is 0 Å². The number of aryl methyl sites for hydroxylation is 1. The zero-order valence-electron chi connectivity index (χ0n) is 10.9. The van der Waals surface area contributed by atoms with E-state index in [-0.39, 0.29) is 18.0 Å². The van der Waals surface area contributed by atoms with Gasteiger partial charge in [0.05, 0.1) is 11.3 Å². The monoisotopic (exact) mass is 277 g/mol. The summed E-state index contributed by atoms with van der Waals surface area (Å²) < 4.78 is 22.3. The lowest BCUT2D eigenvalue weighted by Crippen LogP contribution is -2.10. The Kier molecular flexibility index (Phi) is 3.66. The van der Waals surface area contributed by atoms with Gasteiger partial charge < -0.3 is 0 Å². The van der Waals surface area contributed by atoms with Crippen LogP contribution in [-0.2, 0) is 9.84 Å². The molecule has 1 aromatic heterocycles. The van der Waals surface area contributed by atoms with Gasteiger partial charge >= 0.3 is 0 Å². The molecule has 100 valence electrons. The van der Waals surface area contributed by atoms with Gasteiger partial charge in [0, 0.05) is 29.3 Å². The smallest absolute Gasteiger partial charge is 0.164 e. The van der Waals surface area contributed by atoms with Crippen molar-refractivity contribution in [1.29, 1.82) is 0 Å². The van der Waals surface area contributed by atoms with Crippen LogP contribution in [0.3, 0.4) is 0 Å². The van der Waals surface area contributed by atoms with Crippen LogP contribution >= 0.6 is 0 Å². The Hall–Kier alpha value is -1.75. The Balaban J connectivity index is 2.41. The third kappa shape index (κ3) is 3.38. The van der Waals surface area contributed by atoms with E-state index in [2.05, 4.69) is 4.98 Å². The molecule has 0 saturated heterocycles. The maximum absolute atomic E-state index is 12.2. The molecule has 0 radical (unpaired) electrons. The second kappa shape index (κ2) is 5.09. The predicted octanol–water partition coefficient (Wildman–Crippen LogP) is 2.16. The van der Waals surface area contributed by atoms with Crippen LogP contribution in [0.5, 0.6) is 0 Å². The molecule has 0 spiro atoms. The molecule has 2 rings (SSSR count). The van der Waals surface area contributed by atoms with E-state index in [1.807, 2.05) is 31.2 Å². The van der Waals surface area contributed by atoms with Crippen molar-refractivity contribution in [3.63, 3.8) is 0 Å². The van der Waals surface area contributed by atoms with Gasteiger partial charge in [0.15, 0.2) is 5.78 Å². The number of hydrogen-bond acceptors (Lipinski definition) is 4. The highest BCUT2D eigenvalue weighted by Crippen LogP contribution is 2.19. The normalized spacial score (nSPS) is 11.7. The molecule has 4 nitrogen and oxygen atoms in total. The molecule has 19 heavy (non-hydrogen) atoms. The standard InChI is InChI=1S/C14H15NO3S/c1-10-9-12(14(16)7-8-19(2,17)18)11-5-3-4-6-13(11)15-10/h3-6,9H,7-8H2,1-2H3. The number of Topliss-reactive ketones (excluding diaryl/α,β-unsaturated/α-hetero) is 1. The van der Waals surface area contributed by atoms with E-state index in [4.69, 9.17) is 0 Å². The Morgan fingerprint density at radius 2 is 1.95 bits per heavy atom. The Morgan fingerprint density at radius 3 is 2.63 bits per heavy atom. The molecule has 0 fully saturated rings. The first-order valence-electron chi connectivity index (χ1n) is 5.94. The third-order valence-electron chi connectivity index (χ3n) is 2.84. The van der Waals surface area contributed by atoms with E-state index >= 15 is 0 Å². The van der Waals surface area contributed by atoms with Crippen LogP contribution in [-0.4, -0.2) is 31.2 Å². The average molecular weight is 277 g/mol. The van der Waals surface area contributed by atoms with Crippen molar-refractivity contribution in [1.82, 2.24) is 4.98 Å². The summed E-state index contributed by atoms with van der Waals surface area (Å²) in [5, 5.41) is 0.770. The highest BCUT2D eigenvalue weighted by molar-refractivity contribution is 7.90. The molecule has 0 N–H and O–H groups in total. The Bertz CT molecular complexity index is 735. The fourth-order valence-corrected chi connectivity index (χ4v) is 2.51. The molecule has 1 aromatic carbocycles. The van der Waals surface area contributed by atoms with Crippen LogP contribution in [0, 0.1) is 6.92 Å². The van der Waals surface area contributed by atoms with E-state index < -0.39 is 9.84 Å². The maximum atomic E-state index is 12.2. The summed E-state index contributed by atoms with van der Waals surface area (Å²) in [6.07, 6.45) is 1.14. The fraction of sp³-hybridized carbons (Fsp3) is 0.286. The summed E-state index contributed by atoms with van der Waals surface area (Å²) in [5.74, 6) is -0.284. The van der Waals surface area contributed by atoms with E-state index in [0.29, 0.717) is 5.56 Å². The molecule has 1 heterocycles. The Morgan fingerprint density at radius 1 is 1.26 bits per heavy atom. The van der Waals surface area contributed by atoms with Crippen molar-refractivity contribution in [3.05, 3.63) is 41.6 Å². The molecule has 0 aliphatic rings. The highest BCUT2D eigenvalue weighted by atomic mass is 32.2. The molecule has 0 aliphatic carbocycles. The fourth-order valence-electron chi connectivity index (χ4n) is 1.95. The zero-order valence-corrected chi connectivity index (χ0v) is 11.7. The summed E-state index contributed by atoms with van der Waals surface area (Å²) >= 11 is 0. The number of rotatable bonds is 4. The topological polar surface area (TPSA) is 64.1 Å². The first kappa shape index (κ1) is 13.7. The number of aromatic nitrogens is 1. The Labute approximate surface area is 112 Å².